The largest absolute Gasteiger partial charge is 0.451 e. The van der Waals surface area contributed by atoms with Crippen molar-refractivity contribution in [3.63, 3.8) is 0 Å². The standard InChI is InChI=1S/C12H12BrN5O3/c1-8(21-11(19)6-18-7-14-16-17-18)12(20)15-10-4-2-3-9(13)5-10/h2-5,7-8H,6H2,1H3,(H,15,20)/t8-/m0/s1. The van der Waals surface area contributed by atoms with Gasteiger partial charge in [0.05, 0.1) is 0 Å². The zero-order chi connectivity index (χ0) is 15.2. The highest BCUT2D eigenvalue weighted by atomic mass is 79.9. The van der Waals surface area contributed by atoms with Crippen LogP contribution in [0.1, 0.15) is 6.92 Å². The fourth-order valence-electron chi connectivity index (χ4n) is 1.48. The predicted octanol–water partition coefficient (Wildman–Crippen LogP) is 1.01. The summed E-state index contributed by atoms with van der Waals surface area (Å²) in [6, 6.07) is 7.10. The Hall–Kier alpha value is -2.29. The molecule has 1 N–H and O–H groups in total. The van der Waals surface area contributed by atoms with E-state index in [1.807, 2.05) is 6.07 Å². The number of nitrogens with zero attached hydrogens (tertiary/aromatic N) is 4. The van der Waals surface area contributed by atoms with E-state index < -0.39 is 18.0 Å². The number of esters is 1. The van der Waals surface area contributed by atoms with E-state index in [1.165, 1.54) is 17.9 Å². The lowest BCUT2D eigenvalue weighted by Crippen LogP contribution is -2.31. The number of tetrazole rings is 1. The van der Waals surface area contributed by atoms with Gasteiger partial charge in [0.25, 0.3) is 5.91 Å². The Morgan fingerprint density at radius 1 is 1.48 bits per heavy atom. The van der Waals surface area contributed by atoms with E-state index in [9.17, 15) is 9.59 Å². The van der Waals surface area contributed by atoms with Gasteiger partial charge in [-0.15, -0.1) is 5.10 Å². The first-order chi connectivity index (χ1) is 10.0. The molecule has 0 aliphatic carbocycles. The van der Waals surface area contributed by atoms with Crippen LogP contribution < -0.4 is 5.32 Å². The van der Waals surface area contributed by atoms with Crippen LogP contribution in [0.5, 0.6) is 0 Å². The minimum atomic E-state index is -0.923. The van der Waals surface area contributed by atoms with Gasteiger partial charge in [-0.3, -0.25) is 9.59 Å². The first-order valence-corrected chi connectivity index (χ1v) is 6.80. The number of rotatable bonds is 5. The van der Waals surface area contributed by atoms with Gasteiger partial charge in [-0.2, -0.15) is 0 Å². The minimum absolute atomic E-state index is 0.151. The topological polar surface area (TPSA) is 99.0 Å². The Labute approximate surface area is 128 Å². The predicted molar refractivity (Wildman–Crippen MR) is 76.1 cm³/mol. The molecule has 110 valence electrons. The summed E-state index contributed by atoms with van der Waals surface area (Å²) in [4.78, 5) is 23.5. The normalized spacial score (nSPS) is 11.7. The second-order valence-electron chi connectivity index (χ2n) is 4.14. The highest BCUT2D eigenvalue weighted by Crippen LogP contribution is 2.16. The summed E-state index contributed by atoms with van der Waals surface area (Å²) in [5.74, 6) is -1.02. The Morgan fingerprint density at radius 2 is 2.29 bits per heavy atom. The molecule has 0 radical (unpaired) electrons. The molecule has 0 spiro atoms. The van der Waals surface area contributed by atoms with Gasteiger partial charge in [0.15, 0.2) is 6.10 Å². The second-order valence-corrected chi connectivity index (χ2v) is 5.05. The summed E-state index contributed by atoms with van der Waals surface area (Å²) in [5.41, 5.74) is 0.609. The molecule has 1 amide bonds. The van der Waals surface area contributed by atoms with Crippen molar-refractivity contribution in [3.8, 4) is 0 Å². The SMILES string of the molecule is C[C@H](OC(=O)Cn1cnnn1)C(=O)Nc1cccc(Br)c1. The van der Waals surface area contributed by atoms with E-state index in [1.54, 1.807) is 18.2 Å². The van der Waals surface area contributed by atoms with E-state index in [4.69, 9.17) is 4.74 Å². The van der Waals surface area contributed by atoms with Gasteiger partial charge >= 0.3 is 5.97 Å². The van der Waals surface area contributed by atoms with Crippen LogP contribution in [0.2, 0.25) is 0 Å². The molecule has 0 bridgehead atoms. The molecule has 0 unspecified atom stereocenters. The summed E-state index contributed by atoms with van der Waals surface area (Å²) in [5, 5.41) is 13.0. The number of amides is 1. The van der Waals surface area contributed by atoms with Crippen molar-refractivity contribution in [2.24, 2.45) is 0 Å². The van der Waals surface area contributed by atoms with Crippen molar-refractivity contribution in [2.45, 2.75) is 19.6 Å². The number of ether oxygens (including phenoxy) is 1. The van der Waals surface area contributed by atoms with Crippen molar-refractivity contribution in [2.75, 3.05) is 5.32 Å². The average molecular weight is 354 g/mol. The lowest BCUT2D eigenvalue weighted by atomic mass is 10.3. The monoisotopic (exact) mass is 353 g/mol. The van der Waals surface area contributed by atoms with Crippen molar-refractivity contribution >= 4 is 33.5 Å². The molecule has 21 heavy (non-hydrogen) atoms. The first-order valence-electron chi connectivity index (χ1n) is 6.01. The third-order valence-corrected chi connectivity index (χ3v) is 2.95. The zero-order valence-electron chi connectivity index (χ0n) is 11.1. The van der Waals surface area contributed by atoms with Gasteiger partial charge in [0, 0.05) is 10.2 Å². The van der Waals surface area contributed by atoms with Crippen LogP contribution in [0.25, 0.3) is 0 Å². The van der Waals surface area contributed by atoms with Crippen LogP contribution >= 0.6 is 15.9 Å². The highest BCUT2D eigenvalue weighted by molar-refractivity contribution is 9.10. The second kappa shape index (κ2) is 6.93. The molecule has 0 aliphatic heterocycles. The summed E-state index contributed by atoms with van der Waals surface area (Å²) in [6.45, 7) is 1.34. The molecule has 2 aromatic rings. The molecule has 0 aliphatic rings. The third-order valence-electron chi connectivity index (χ3n) is 2.45. The Morgan fingerprint density at radius 3 is 2.95 bits per heavy atom. The molecule has 1 aromatic heterocycles. The summed E-state index contributed by atoms with van der Waals surface area (Å²) >= 11 is 3.30. The van der Waals surface area contributed by atoms with Gasteiger partial charge in [0.2, 0.25) is 0 Å². The number of hydrogen-bond acceptors (Lipinski definition) is 6. The number of anilines is 1. The van der Waals surface area contributed by atoms with Crippen LogP contribution in [0.4, 0.5) is 5.69 Å². The van der Waals surface area contributed by atoms with Gasteiger partial charge in [-0.25, -0.2) is 4.68 Å². The molecule has 1 atom stereocenters. The van der Waals surface area contributed by atoms with Crippen molar-refractivity contribution in [1.29, 1.82) is 0 Å². The van der Waals surface area contributed by atoms with Crippen LogP contribution in [-0.4, -0.2) is 38.2 Å². The molecule has 9 heteroatoms. The van der Waals surface area contributed by atoms with E-state index in [-0.39, 0.29) is 6.54 Å². The van der Waals surface area contributed by atoms with E-state index in [0.29, 0.717) is 5.69 Å². The summed E-state index contributed by atoms with van der Waals surface area (Å²) < 4.78 is 7.06. The number of carbonyl (C=O) groups is 2. The molecule has 1 heterocycles. The summed E-state index contributed by atoms with van der Waals surface area (Å²) in [6.07, 6.45) is 0.362. The van der Waals surface area contributed by atoms with Gasteiger partial charge < -0.3 is 10.1 Å². The quantitative estimate of drug-likeness (QED) is 0.805. The maximum absolute atomic E-state index is 11.9. The van der Waals surface area contributed by atoms with Gasteiger partial charge in [-0.1, -0.05) is 22.0 Å². The van der Waals surface area contributed by atoms with Gasteiger partial charge in [0.1, 0.15) is 12.9 Å². The third kappa shape index (κ3) is 4.63. The first kappa shape index (κ1) is 15.1. The Kier molecular flexibility index (Phi) is 4.99. The molecule has 0 saturated carbocycles. The number of aromatic nitrogens is 4. The van der Waals surface area contributed by atoms with Crippen molar-refractivity contribution < 1.29 is 14.3 Å². The minimum Gasteiger partial charge on any atom is -0.451 e. The van der Waals surface area contributed by atoms with Crippen molar-refractivity contribution in [3.05, 3.63) is 35.1 Å². The van der Waals surface area contributed by atoms with Crippen LogP contribution in [0.15, 0.2) is 35.1 Å². The number of halogens is 1. The lowest BCUT2D eigenvalue weighted by molar-refractivity contribution is -0.153. The van der Waals surface area contributed by atoms with E-state index in [2.05, 4.69) is 36.8 Å². The molecule has 2 rings (SSSR count). The summed E-state index contributed by atoms with van der Waals surface area (Å²) in [7, 11) is 0. The number of carbonyl (C=O) groups excluding carboxylic acids is 2. The molecule has 8 nitrogen and oxygen atoms in total. The fraction of sp³-hybridized carbons (Fsp3) is 0.250. The lowest BCUT2D eigenvalue weighted by Gasteiger charge is -2.13. The molecule has 1 aromatic carbocycles. The number of hydrogen-bond donors (Lipinski definition) is 1. The molecular weight excluding hydrogens is 342 g/mol. The average Bonchev–Trinajstić information content (AvgIpc) is 2.91. The van der Waals surface area contributed by atoms with Gasteiger partial charge in [-0.05, 0) is 35.5 Å². The maximum atomic E-state index is 11.9. The number of nitrogens with one attached hydrogen (secondary N) is 1. The van der Waals surface area contributed by atoms with Crippen LogP contribution in [-0.2, 0) is 20.9 Å². The van der Waals surface area contributed by atoms with E-state index in [0.717, 1.165) is 4.47 Å². The highest BCUT2D eigenvalue weighted by Gasteiger charge is 2.18. The zero-order valence-corrected chi connectivity index (χ0v) is 12.6. The molecule has 0 saturated heterocycles. The van der Waals surface area contributed by atoms with Crippen molar-refractivity contribution in [1.82, 2.24) is 20.2 Å². The van der Waals surface area contributed by atoms with Crippen LogP contribution in [0, 0.1) is 0 Å². The number of benzene rings is 1. The van der Waals surface area contributed by atoms with E-state index >= 15 is 0 Å². The van der Waals surface area contributed by atoms with Crippen LogP contribution in [0.3, 0.4) is 0 Å². The maximum Gasteiger partial charge on any atom is 0.328 e. The Balaban J connectivity index is 1.86. The molecular formula is C12H12BrN5O3. The fourth-order valence-corrected chi connectivity index (χ4v) is 1.88. The smallest absolute Gasteiger partial charge is 0.328 e. The Bertz CT molecular complexity index is 632. The molecule has 0 fully saturated rings.